The molecule has 1 saturated carbocycles. The SMILES string of the molecule is COc1nc(-c2cccc(-c3cccc(NC(=O)c4cn(C)c(=O)n(C)c4=O)c3C)c2Cl)cc2c1C(NC1CCCCC1)C(O)C2. The van der Waals surface area contributed by atoms with Gasteiger partial charge in [0, 0.05) is 55.1 Å². The van der Waals surface area contributed by atoms with Crippen LogP contribution in [0.3, 0.4) is 0 Å². The molecule has 2 aliphatic rings. The number of aryl methyl sites for hydroxylation is 1. The molecule has 0 spiro atoms. The summed E-state index contributed by atoms with van der Waals surface area (Å²) in [6.07, 6.45) is 7.00. The summed E-state index contributed by atoms with van der Waals surface area (Å²) in [7, 11) is 4.42. The van der Waals surface area contributed by atoms with E-state index in [0.29, 0.717) is 40.3 Å². The molecular weight excluding hydrogens is 606 g/mol. The molecule has 240 valence electrons. The number of aliphatic hydroxyl groups is 1. The lowest BCUT2D eigenvalue weighted by Gasteiger charge is -2.29. The van der Waals surface area contributed by atoms with Crippen LogP contribution < -0.4 is 26.6 Å². The Morgan fingerprint density at radius 2 is 1.74 bits per heavy atom. The van der Waals surface area contributed by atoms with Crippen molar-refractivity contribution in [2.24, 2.45) is 14.1 Å². The zero-order chi connectivity index (χ0) is 32.7. The Morgan fingerprint density at radius 3 is 2.48 bits per heavy atom. The van der Waals surface area contributed by atoms with Crippen molar-refractivity contribution in [1.29, 1.82) is 0 Å². The predicted molar refractivity (Wildman–Crippen MR) is 179 cm³/mol. The second-order valence-electron chi connectivity index (χ2n) is 12.2. The van der Waals surface area contributed by atoms with Crippen LogP contribution in [0.5, 0.6) is 5.88 Å². The van der Waals surface area contributed by atoms with E-state index in [1.807, 2.05) is 37.3 Å². The van der Waals surface area contributed by atoms with Gasteiger partial charge in [-0.15, -0.1) is 0 Å². The molecule has 10 nitrogen and oxygen atoms in total. The van der Waals surface area contributed by atoms with E-state index in [0.717, 1.165) is 45.2 Å². The maximum Gasteiger partial charge on any atom is 0.330 e. The van der Waals surface area contributed by atoms with Crippen molar-refractivity contribution < 1.29 is 14.6 Å². The third-order valence-corrected chi connectivity index (χ3v) is 9.69. The van der Waals surface area contributed by atoms with Crippen molar-refractivity contribution in [2.75, 3.05) is 12.4 Å². The van der Waals surface area contributed by atoms with E-state index in [2.05, 4.69) is 10.6 Å². The number of benzene rings is 2. The fourth-order valence-corrected chi connectivity index (χ4v) is 7.11. The normalized spacial score (nSPS) is 18.0. The number of pyridine rings is 1. The number of nitrogens with zero attached hydrogens (tertiary/aromatic N) is 3. The number of fused-ring (bicyclic) bond motifs is 1. The number of aliphatic hydroxyl groups excluding tert-OH is 1. The minimum atomic E-state index is -0.675. The topological polar surface area (TPSA) is 127 Å². The van der Waals surface area contributed by atoms with Gasteiger partial charge in [-0.2, -0.15) is 0 Å². The van der Waals surface area contributed by atoms with Crippen LogP contribution in [0.25, 0.3) is 22.4 Å². The summed E-state index contributed by atoms with van der Waals surface area (Å²) in [5.41, 5.74) is 4.68. The molecule has 0 radical (unpaired) electrons. The van der Waals surface area contributed by atoms with E-state index < -0.39 is 23.3 Å². The van der Waals surface area contributed by atoms with Crippen molar-refractivity contribution in [3.8, 4) is 28.3 Å². The molecule has 4 aromatic rings. The summed E-state index contributed by atoms with van der Waals surface area (Å²) in [5, 5.41) is 18.1. The van der Waals surface area contributed by atoms with Gasteiger partial charge in [0.2, 0.25) is 5.88 Å². The fraction of sp³-hybridized carbons (Fsp3) is 0.371. The largest absolute Gasteiger partial charge is 0.481 e. The van der Waals surface area contributed by atoms with Crippen molar-refractivity contribution >= 4 is 23.2 Å². The van der Waals surface area contributed by atoms with Crippen LogP contribution in [0, 0.1) is 6.92 Å². The Bertz CT molecular complexity index is 1950. The summed E-state index contributed by atoms with van der Waals surface area (Å²) in [4.78, 5) is 42.8. The molecule has 2 heterocycles. The lowest BCUT2D eigenvalue weighted by Crippen LogP contribution is -2.40. The number of nitrogens with one attached hydrogen (secondary N) is 2. The van der Waals surface area contributed by atoms with Crippen LogP contribution in [0.2, 0.25) is 5.02 Å². The van der Waals surface area contributed by atoms with Crippen LogP contribution >= 0.6 is 11.6 Å². The van der Waals surface area contributed by atoms with Gasteiger partial charge >= 0.3 is 5.69 Å². The fourth-order valence-electron chi connectivity index (χ4n) is 6.78. The summed E-state index contributed by atoms with van der Waals surface area (Å²) < 4.78 is 7.89. The van der Waals surface area contributed by atoms with Gasteiger partial charge in [0.15, 0.2) is 0 Å². The molecule has 1 fully saturated rings. The highest BCUT2D eigenvalue weighted by Crippen LogP contribution is 2.43. The first-order valence-corrected chi connectivity index (χ1v) is 16.0. The number of halogens is 1. The molecule has 11 heteroatoms. The number of hydrogen-bond acceptors (Lipinski definition) is 7. The lowest BCUT2D eigenvalue weighted by atomic mass is 9.94. The molecule has 2 unspecified atom stereocenters. The molecule has 0 aliphatic heterocycles. The van der Waals surface area contributed by atoms with Crippen molar-refractivity contribution in [3.05, 3.63) is 96.8 Å². The Morgan fingerprint density at radius 1 is 1.04 bits per heavy atom. The maximum atomic E-state index is 13.2. The third kappa shape index (κ3) is 5.77. The van der Waals surface area contributed by atoms with Crippen LogP contribution in [0.4, 0.5) is 5.69 Å². The third-order valence-electron chi connectivity index (χ3n) is 9.29. The Kier molecular flexibility index (Phi) is 8.87. The van der Waals surface area contributed by atoms with E-state index in [-0.39, 0.29) is 11.6 Å². The van der Waals surface area contributed by atoms with E-state index in [9.17, 15) is 19.5 Å². The van der Waals surface area contributed by atoms with Crippen LogP contribution in [0.1, 0.15) is 65.2 Å². The molecule has 3 N–H and O–H groups in total. The number of carbonyl (C=O) groups excluding carboxylic acids is 1. The van der Waals surface area contributed by atoms with Gasteiger partial charge in [0.05, 0.1) is 30.0 Å². The molecule has 2 atom stereocenters. The average Bonchev–Trinajstić information content (AvgIpc) is 3.37. The van der Waals surface area contributed by atoms with Gasteiger partial charge < -0.3 is 25.0 Å². The number of carbonyl (C=O) groups is 1. The highest BCUT2D eigenvalue weighted by molar-refractivity contribution is 6.36. The zero-order valence-electron chi connectivity index (χ0n) is 26.4. The number of aromatic nitrogens is 3. The first-order valence-electron chi connectivity index (χ1n) is 15.6. The van der Waals surface area contributed by atoms with Crippen molar-refractivity contribution in [1.82, 2.24) is 19.4 Å². The standard InChI is InChI=1S/C35H38ClN5O5/c1-19-22(12-9-15-26(19)38-32(43)25-18-40(2)35(45)41(3)34(25)44)23-13-8-14-24(30(23)36)27-16-20-17-28(42)31(29(20)33(39-27)46-4)37-21-10-6-5-7-11-21/h8-9,12-16,18,21,28,31,37,42H,5-7,10-11,17H2,1-4H3,(H,38,43). The average molecular weight is 644 g/mol. The number of ether oxygens (including phenoxy) is 1. The molecule has 2 aromatic carbocycles. The number of methoxy groups -OCH3 is 1. The molecule has 1 amide bonds. The summed E-state index contributed by atoms with van der Waals surface area (Å²) >= 11 is 7.10. The highest BCUT2D eigenvalue weighted by atomic mass is 35.5. The second-order valence-corrected chi connectivity index (χ2v) is 12.6. The first-order chi connectivity index (χ1) is 22.1. The van der Waals surface area contributed by atoms with Gasteiger partial charge in [-0.05, 0) is 48.6 Å². The van der Waals surface area contributed by atoms with Gasteiger partial charge in [-0.3, -0.25) is 14.2 Å². The number of anilines is 1. The predicted octanol–water partition coefficient (Wildman–Crippen LogP) is 4.92. The van der Waals surface area contributed by atoms with Gasteiger partial charge in [-0.25, -0.2) is 9.78 Å². The number of rotatable bonds is 7. The van der Waals surface area contributed by atoms with Gasteiger partial charge in [0.1, 0.15) is 5.56 Å². The Labute approximate surface area is 272 Å². The molecular formula is C35H38ClN5O5. The smallest absolute Gasteiger partial charge is 0.330 e. The lowest BCUT2D eigenvalue weighted by molar-refractivity contribution is 0.102. The molecule has 2 aromatic heterocycles. The summed E-state index contributed by atoms with van der Waals surface area (Å²) in [5.74, 6) is -0.145. The summed E-state index contributed by atoms with van der Waals surface area (Å²) in [6.45, 7) is 1.87. The second kappa shape index (κ2) is 12.9. The number of hydrogen-bond donors (Lipinski definition) is 3. The van der Waals surface area contributed by atoms with Crippen molar-refractivity contribution in [2.45, 2.75) is 63.6 Å². The molecule has 46 heavy (non-hydrogen) atoms. The first kappa shape index (κ1) is 31.7. The van der Waals surface area contributed by atoms with Gasteiger partial charge in [-0.1, -0.05) is 61.2 Å². The van der Waals surface area contributed by atoms with Gasteiger partial charge in [0.25, 0.3) is 11.5 Å². The minimum Gasteiger partial charge on any atom is -0.481 e. The van der Waals surface area contributed by atoms with E-state index >= 15 is 0 Å². The Hall–Kier alpha value is -4.25. The minimum absolute atomic E-state index is 0.146. The van der Waals surface area contributed by atoms with Crippen LogP contribution in [-0.4, -0.2) is 44.4 Å². The molecule has 6 rings (SSSR count). The molecule has 0 saturated heterocycles. The maximum absolute atomic E-state index is 13.2. The van der Waals surface area contributed by atoms with Crippen LogP contribution in [-0.2, 0) is 20.5 Å². The van der Waals surface area contributed by atoms with E-state index in [1.165, 1.54) is 44.1 Å². The summed E-state index contributed by atoms with van der Waals surface area (Å²) in [6, 6.07) is 13.3. The Balaban J connectivity index is 1.33. The van der Waals surface area contributed by atoms with Crippen molar-refractivity contribution in [3.63, 3.8) is 0 Å². The van der Waals surface area contributed by atoms with E-state index in [1.54, 1.807) is 19.2 Å². The molecule has 0 bridgehead atoms. The molecule has 2 aliphatic carbocycles. The highest BCUT2D eigenvalue weighted by Gasteiger charge is 2.37. The zero-order valence-corrected chi connectivity index (χ0v) is 27.1. The van der Waals surface area contributed by atoms with Crippen LogP contribution in [0.15, 0.2) is 58.3 Å². The monoisotopic (exact) mass is 643 g/mol. The van der Waals surface area contributed by atoms with E-state index in [4.69, 9.17) is 21.3 Å². The quantitative estimate of drug-likeness (QED) is 0.261. The number of amides is 1.